The maximum Gasteiger partial charge on any atom is 0.171 e. The molecule has 0 saturated carbocycles. The fourth-order valence-corrected chi connectivity index (χ4v) is 2.72. The number of hydrogen-bond acceptors (Lipinski definition) is 4. The van der Waals surface area contributed by atoms with Gasteiger partial charge in [0.25, 0.3) is 0 Å². The summed E-state index contributed by atoms with van der Waals surface area (Å²) < 4.78 is 5.78. The molecule has 1 aliphatic heterocycles. The van der Waals surface area contributed by atoms with Gasteiger partial charge < -0.3 is 4.74 Å². The molecule has 0 aliphatic carbocycles. The summed E-state index contributed by atoms with van der Waals surface area (Å²) in [5.74, 6) is 0.0816. The molecule has 0 radical (unpaired) electrons. The molecule has 1 saturated heterocycles. The Morgan fingerprint density at radius 2 is 2.40 bits per heavy atom. The van der Waals surface area contributed by atoms with E-state index in [0.717, 1.165) is 29.3 Å². The quantitative estimate of drug-likeness (QED) is 0.726. The van der Waals surface area contributed by atoms with E-state index in [9.17, 15) is 4.79 Å². The van der Waals surface area contributed by atoms with Gasteiger partial charge in [-0.25, -0.2) is 4.98 Å². The molecule has 0 aromatic carbocycles. The van der Waals surface area contributed by atoms with Crippen LogP contribution in [0.3, 0.4) is 0 Å². The number of carbonyl (C=O) groups is 1. The van der Waals surface area contributed by atoms with Crippen molar-refractivity contribution >= 4 is 17.1 Å². The van der Waals surface area contributed by atoms with Gasteiger partial charge in [-0.15, -0.1) is 11.3 Å². The number of Topliss-reactive ketones (excluding diaryl/α,β-unsaturated/α-hetero) is 1. The minimum Gasteiger partial charge on any atom is -0.368 e. The zero-order valence-electron chi connectivity index (χ0n) is 9.08. The van der Waals surface area contributed by atoms with E-state index in [4.69, 9.17) is 4.74 Å². The number of aromatic nitrogens is 1. The Kier molecular flexibility index (Phi) is 2.89. The number of carbonyl (C=O) groups excluding carboxylic acids is 1. The molecule has 0 amide bonds. The molecule has 0 spiro atoms. The molecule has 82 valence electrons. The van der Waals surface area contributed by atoms with Gasteiger partial charge >= 0.3 is 0 Å². The number of ketones is 1. The third-order valence-corrected chi connectivity index (χ3v) is 4.12. The Labute approximate surface area is 93.5 Å². The summed E-state index contributed by atoms with van der Waals surface area (Å²) in [7, 11) is 0. The summed E-state index contributed by atoms with van der Waals surface area (Å²) in [5, 5.41) is 0.937. The Bertz CT molecular complexity index is 366. The maximum atomic E-state index is 11.2. The Morgan fingerprint density at radius 1 is 1.60 bits per heavy atom. The van der Waals surface area contributed by atoms with Crippen molar-refractivity contribution in [2.24, 2.45) is 0 Å². The van der Waals surface area contributed by atoms with E-state index in [0.29, 0.717) is 0 Å². The van der Waals surface area contributed by atoms with Crippen molar-refractivity contribution in [2.45, 2.75) is 38.7 Å². The first-order valence-electron chi connectivity index (χ1n) is 5.23. The lowest BCUT2D eigenvalue weighted by Gasteiger charge is -2.31. The molecule has 1 fully saturated rings. The minimum absolute atomic E-state index is 0.0816. The SMILES string of the molecule is CC(=O)c1cnc(C2(C)CCCCO2)s1. The van der Waals surface area contributed by atoms with Gasteiger partial charge in [-0.05, 0) is 26.2 Å². The molecule has 4 heteroatoms. The summed E-state index contributed by atoms with van der Waals surface area (Å²) in [6.45, 7) is 4.43. The van der Waals surface area contributed by atoms with E-state index in [2.05, 4.69) is 11.9 Å². The minimum atomic E-state index is -0.267. The van der Waals surface area contributed by atoms with Gasteiger partial charge in [0, 0.05) is 19.7 Å². The van der Waals surface area contributed by atoms with E-state index in [1.807, 2.05) is 0 Å². The van der Waals surface area contributed by atoms with E-state index >= 15 is 0 Å². The summed E-state index contributed by atoms with van der Waals surface area (Å²) in [5.41, 5.74) is -0.267. The molecule has 1 atom stereocenters. The van der Waals surface area contributed by atoms with Gasteiger partial charge in [-0.1, -0.05) is 0 Å². The van der Waals surface area contributed by atoms with Gasteiger partial charge in [-0.3, -0.25) is 4.79 Å². The van der Waals surface area contributed by atoms with Crippen molar-refractivity contribution in [3.63, 3.8) is 0 Å². The third-order valence-electron chi connectivity index (χ3n) is 2.77. The first-order valence-corrected chi connectivity index (χ1v) is 6.05. The predicted molar refractivity (Wildman–Crippen MR) is 59.3 cm³/mol. The molecule has 1 unspecified atom stereocenters. The Balaban J connectivity index is 2.23. The zero-order chi connectivity index (χ0) is 10.9. The van der Waals surface area contributed by atoms with Gasteiger partial charge in [0.2, 0.25) is 0 Å². The van der Waals surface area contributed by atoms with E-state index < -0.39 is 0 Å². The molecule has 2 heterocycles. The molecular weight excluding hydrogens is 210 g/mol. The standard InChI is InChI=1S/C11H15NO2S/c1-8(13)9-7-12-10(15-9)11(2)5-3-4-6-14-11/h7H,3-6H2,1-2H3. The summed E-state index contributed by atoms with van der Waals surface area (Å²) in [4.78, 5) is 16.2. The molecule has 1 aromatic heterocycles. The lowest BCUT2D eigenvalue weighted by atomic mass is 9.97. The third kappa shape index (κ3) is 2.11. The highest BCUT2D eigenvalue weighted by atomic mass is 32.1. The first kappa shape index (κ1) is 10.8. The fourth-order valence-electron chi connectivity index (χ4n) is 1.78. The van der Waals surface area contributed by atoms with Crippen molar-refractivity contribution < 1.29 is 9.53 Å². The van der Waals surface area contributed by atoms with Crippen molar-refractivity contribution in [1.29, 1.82) is 0 Å². The molecule has 0 bridgehead atoms. The topological polar surface area (TPSA) is 39.2 Å². The number of rotatable bonds is 2. The van der Waals surface area contributed by atoms with Crippen LogP contribution in [0, 0.1) is 0 Å². The van der Waals surface area contributed by atoms with Gasteiger partial charge in [0.05, 0.1) is 4.88 Å². The van der Waals surface area contributed by atoms with E-state index in [-0.39, 0.29) is 11.4 Å². The van der Waals surface area contributed by atoms with Crippen LogP contribution in [0.4, 0.5) is 0 Å². The van der Waals surface area contributed by atoms with Gasteiger partial charge in [0.1, 0.15) is 10.6 Å². The fraction of sp³-hybridized carbons (Fsp3) is 0.636. The predicted octanol–water partition coefficient (Wildman–Crippen LogP) is 2.76. The molecule has 2 rings (SSSR count). The number of ether oxygens (including phenoxy) is 1. The molecule has 1 aromatic rings. The van der Waals surface area contributed by atoms with Crippen LogP contribution in [0.1, 0.15) is 47.8 Å². The number of nitrogens with zero attached hydrogens (tertiary/aromatic N) is 1. The molecule has 0 N–H and O–H groups in total. The lowest BCUT2D eigenvalue weighted by molar-refractivity contribution is -0.0702. The Morgan fingerprint density at radius 3 is 2.93 bits per heavy atom. The van der Waals surface area contributed by atoms with Crippen LogP contribution in [-0.2, 0) is 10.3 Å². The zero-order valence-corrected chi connectivity index (χ0v) is 9.89. The van der Waals surface area contributed by atoms with Crippen molar-refractivity contribution in [2.75, 3.05) is 6.61 Å². The lowest BCUT2D eigenvalue weighted by Crippen LogP contribution is -2.29. The smallest absolute Gasteiger partial charge is 0.171 e. The van der Waals surface area contributed by atoms with Crippen molar-refractivity contribution in [3.05, 3.63) is 16.1 Å². The molecule has 3 nitrogen and oxygen atoms in total. The van der Waals surface area contributed by atoms with Gasteiger partial charge in [0.15, 0.2) is 5.78 Å². The highest BCUT2D eigenvalue weighted by Crippen LogP contribution is 2.36. The van der Waals surface area contributed by atoms with Crippen molar-refractivity contribution in [3.8, 4) is 0 Å². The summed E-state index contributed by atoms with van der Waals surface area (Å²) in [6, 6.07) is 0. The second kappa shape index (κ2) is 4.02. The van der Waals surface area contributed by atoms with E-state index in [1.54, 1.807) is 13.1 Å². The second-order valence-corrected chi connectivity index (χ2v) is 5.15. The molecule has 15 heavy (non-hydrogen) atoms. The highest BCUT2D eigenvalue weighted by molar-refractivity contribution is 7.13. The highest BCUT2D eigenvalue weighted by Gasteiger charge is 2.33. The maximum absolute atomic E-state index is 11.2. The monoisotopic (exact) mass is 225 g/mol. The van der Waals surface area contributed by atoms with Crippen LogP contribution in [0.2, 0.25) is 0 Å². The van der Waals surface area contributed by atoms with Gasteiger partial charge in [-0.2, -0.15) is 0 Å². The van der Waals surface area contributed by atoms with Crippen LogP contribution in [0.25, 0.3) is 0 Å². The van der Waals surface area contributed by atoms with Crippen LogP contribution >= 0.6 is 11.3 Å². The van der Waals surface area contributed by atoms with Crippen LogP contribution in [0.5, 0.6) is 0 Å². The molecule has 1 aliphatic rings. The largest absolute Gasteiger partial charge is 0.368 e. The van der Waals surface area contributed by atoms with Crippen LogP contribution in [-0.4, -0.2) is 17.4 Å². The Hall–Kier alpha value is -0.740. The normalized spacial score (nSPS) is 26.5. The second-order valence-electron chi connectivity index (χ2n) is 4.12. The summed E-state index contributed by atoms with van der Waals surface area (Å²) in [6.07, 6.45) is 4.95. The molecular formula is C11H15NO2S. The van der Waals surface area contributed by atoms with Crippen LogP contribution in [0.15, 0.2) is 6.20 Å². The number of hydrogen-bond donors (Lipinski definition) is 0. The van der Waals surface area contributed by atoms with E-state index in [1.165, 1.54) is 17.8 Å². The summed E-state index contributed by atoms with van der Waals surface area (Å²) >= 11 is 1.46. The first-order chi connectivity index (χ1) is 7.12. The number of thiazole rings is 1. The average Bonchev–Trinajstić information content (AvgIpc) is 2.68. The van der Waals surface area contributed by atoms with Crippen LogP contribution < -0.4 is 0 Å². The average molecular weight is 225 g/mol. The van der Waals surface area contributed by atoms with Crippen molar-refractivity contribution in [1.82, 2.24) is 4.98 Å².